The van der Waals surface area contributed by atoms with Gasteiger partial charge in [0.2, 0.25) is 0 Å². The van der Waals surface area contributed by atoms with Gasteiger partial charge in [0, 0.05) is 31.2 Å². The zero-order valence-electron chi connectivity index (χ0n) is 16.0. The fraction of sp³-hybridized carbons (Fsp3) is 1.00. The van der Waals surface area contributed by atoms with Crippen LogP contribution in [0.3, 0.4) is 0 Å². The summed E-state index contributed by atoms with van der Waals surface area (Å²) in [7, 11) is 0. The van der Waals surface area contributed by atoms with Gasteiger partial charge in [-0.3, -0.25) is 4.90 Å². The molecule has 3 aliphatic rings. The van der Waals surface area contributed by atoms with Gasteiger partial charge in [-0.05, 0) is 91.0 Å². The second-order valence-electron chi connectivity index (χ2n) is 9.44. The smallest absolute Gasteiger partial charge is 0.0746 e. The SMILES string of the molecule is CC(C)N1CC2CCC(CC(C)N3CCCC3C(C)(C)O)C2C1. The van der Waals surface area contributed by atoms with E-state index in [1.165, 1.54) is 45.3 Å². The Morgan fingerprint density at radius 1 is 1.09 bits per heavy atom. The topological polar surface area (TPSA) is 26.7 Å². The lowest BCUT2D eigenvalue weighted by atomic mass is 9.86. The van der Waals surface area contributed by atoms with Gasteiger partial charge in [-0.25, -0.2) is 0 Å². The molecule has 0 amide bonds. The van der Waals surface area contributed by atoms with Crippen LogP contribution in [-0.2, 0) is 0 Å². The van der Waals surface area contributed by atoms with Crippen molar-refractivity contribution in [3.8, 4) is 0 Å². The van der Waals surface area contributed by atoms with Crippen molar-refractivity contribution in [3.63, 3.8) is 0 Å². The Morgan fingerprint density at radius 2 is 1.83 bits per heavy atom. The van der Waals surface area contributed by atoms with Crippen molar-refractivity contribution in [2.75, 3.05) is 19.6 Å². The van der Waals surface area contributed by atoms with Gasteiger partial charge in [-0.1, -0.05) is 0 Å². The van der Waals surface area contributed by atoms with E-state index in [1.54, 1.807) is 0 Å². The van der Waals surface area contributed by atoms with Gasteiger partial charge in [0.05, 0.1) is 5.60 Å². The highest BCUT2D eigenvalue weighted by Gasteiger charge is 2.45. The molecule has 3 fully saturated rings. The second-order valence-corrected chi connectivity index (χ2v) is 9.44. The van der Waals surface area contributed by atoms with Gasteiger partial charge in [0.1, 0.15) is 0 Å². The van der Waals surface area contributed by atoms with Crippen LogP contribution in [0.25, 0.3) is 0 Å². The van der Waals surface area contributed by atoms with Crippen LogP contribution in [0, 0.1) is 17.8 Å². The van der Waals surface area contributed by atoms with E-state index in [9.17, 15) is 5.11 Å². The first-order valence-corrected chi connectivity index (χ1v) is 9.99. The molecule has 0 radical (unpaired) electrons. The van der Waals surface area contributed by atoms with Crippen molar-refractivity contribution in [2.24, 2.45) is 17.8 Å². The molecule has 23 heavy (non-hydrogen) atoms. The van der Waals surface area contributed by atoms with Gasteiger partial charge in [0.25, 0.3) is 0 Å². The molecule has 0 aromatic heterocycles. The van der Waals surface area contributed by atoms with E-state index < -0.39 is 5.60 Å². The number of hydrogen-bond acceptors (Lipinski definition) is 3. The van der Waals surface area contributed by atoms with E-state index >= 15 is 0 Å². The number of fused-ring (bicyclic) bond motifs is 1. The summed E-state index contributed by atoms with van der Waals surface area (Å²) >= 11 is 0. The summed E-state index contributed by atoms with van der Waals surface area (Å²) in [5, 5.41) is 10.5. The minimum absolute atomic E-state index is 0.352. The number of nitrogens with zero attached hydrogens (tertiary/aromatic N) is 2. The van der Waals surface area contributed by atoms with Crippen LogP contribution >= 0.6 is 0 Å². The highest BCUT2D eigenvalue weighted by atomic mass is 16.3. The van der Waals surface area contributed by atoms with Gasteiger partial charge in [-0.2, -0.15) is 0 Å². The Morgan fingerprint density at radius 3 is 2.48 bits per heavy atom. The van der Waals surface area contributed by atoms with Gasteiger partial charge in [-0.15, -0.1) is 0 Å². The second kappa shape index (κ2) is 6.65. The van der Waals surface area contributed by atoms with Crippen LogP contribution < -0.4 is 0 Å². The van der Waals surface area contributed by atoms with E-state index in [0.29, 0.717) is 18.1 Å². The first-order chi connectivity index (χ1) is 10.8. The minimum atomic E-state index is -0.565. The Kier molecular flexibility index (Phi) is 5.11. The van der Waals surface area contributed by atoms with E-state index in [1.807, 2.05) is 13.8 Å². The summed E-state index contributed by atoms with van der Waals surface area (Å²) in [6, 6.07) is 1.67. The zero-order valence-corrected chi connectivity index (χ0v) is 16.0. The highest BCUT2D eigenvalue weighted by molar-refractivity contribution is 4.98. The predicted molar refractivity (Wildman–Crippen MR) is 96.5 cm³/mol. The van der Waals surface area contributed by atoms with Gasteiger partial charge >= 0.3 is 0 Å². The molecular formula is C20H38N2O. The highest BCUT2D eigenvalue weighted by Crippen LogP contribution is 2.45. The lowest BCUT2D eigenvalue weighted by Gasteiger charge is -2.39. The molecule has 0 aromatic carbocycles. The molecule has 0 bridgehead atoms. The molecule has 0 aromatic rings. The van der Waals surface area contributed by atoms with Crippen molar-refractivity contribution in [1.29, 1.82) is 0 Å². The summed E-state index contributed by atoms with van der Waals surface area (Å²) in [5.74, 6) is 2.79. The van der Waals surface area contributed by atoms with Crippen LogP contribution in [0.4, 0.5) is 0 Å². The quantitative estimate of drug-likeness (QED) is 0.841. The molecule has 134 valence electrons. The number of likely N-dealkylation sites (tertiary alicyclic amines) is 2. The lowest BCUT2D eigenvalue weighted by Crippen LogP contribution is -2.49. The Balaban J connectivity index is 1.59. The summed E-state index contributed by atoms with van der Waals surface area (Å²) in [6.45, 7) is 14.9. The van der Waals surface area contributed by atoms with E-state index in [-0.39, 0.29) is 0 Å². The van der Waals surface area contributed by atoms with Crippen molar-refractivity contribution in [2.45, 2.75) is 90.4 Å². The van der Waals surface area contributed by atoms with Crippen molar-refractivity contribution >= 4 is 0 Å². The molecule has 1 N–H and O–H groups in total. The van der Waals surface area contributed by atoms with Crippen LogP contribution in [0.1, 0.15) is 66.7 Å². The Hall–Kier alpha value is -0.120. The Bertz CT molecular complexity index is 403. The third-order valence-electron chi connectivity index (χ3n) is 7.08. The maximum absolute atomic E-state index is 10.5. The maximum Gasteiger partial charge on any atom is 0.0746 e. The molecule has 0 spiro atoms. The van der Waals surface area contributed by atoms with E-state index in [2.05, 4.69) is 30.6 Å². The average molecular weight is 323 g/mol. The van der Waals surface area contributed by atoms with Crippen molar-refractivity contribution < 1.29 is 5.11 Å². The molecule has 3 heteroatoms. The fourth-order valence-electron chi connectivity index (χ4n) is 5.78. The van der Waals surface area contributed by atoms with Crippen LogP contribution in [0.2, 0.25) is 0 Å². The molecule has 3 rings (SSSR count). The molecule has 5 unspecified atom stereocenters. The summed E-state index contributed by atoms with van der Waals surface area (Å²) in [6.07, 6.45) is 6.62. The number of hydrogen-bond donors (Lipinski definition) is 1. The lowest BCUT2D eigenvalue weighted by molar-refractivity contribution is -0.0186. The normalized spacial score (nSPS) is 37.7. The summed E-state index contributed by atoms with van der Waals surface area (Å²) in [4.78, 5) is 5.31. The molecule has 1 saturated carbocycles. The van der Waals surface area contributed by atoms with Crippen molar-refractivity contribution in [3.05, 3.63) is 0 Å². The third-order valence-corrected chi connectivity index (χ3v) is 7.08. The molecule has 2 saturated heterocycles. The average Bonchev–Trinajstić information content (AvgIpc) is 3.12. The van der Waals surface area contributed by atoms with Gasteiger partial charge in [0.15, 0.2) is 0 Å². The molecular weight excluding hydrogens is 284 g/mol. The largest absolute Gasteiger partial charge is 0.389 e. The van der Waals surface area contributed by atoms with E-state index in [4.69, 9.17) is 0 Å². The maximum atomic E-state index is 10.5. The van der Waals surface area contributed by atoms with Gasteiger partial charge < -0.3 is 10.0 Å². The number of rotatable bonds is 5. The fourth-order valence-corrected chi connectivity index (χ4v) is 5.78. The standard InChI is InChI=1S/C20H38N2O/c1-14(2)21-12-17-9-8-16(18(17)13-21)11-15(3)22-10-6-7-19(22)20(4,5)23/h14-19,23H,6-13H2,1-5H3. The Labute approximate surface area is 143 Å². The number of aliphatic hydroxyl groups is 1. The molecule has 5 atom stereocenters. The van der Waals surface area contributed by atoms with Crippen LogP contribution in [-0.4, -0.2) is 58.3 Å². The van der Waals surface area contributed by atoms with E-state index in [0.717, 1.165) is 24.2 Å². The molecule has 1 aliphatic carbocycles. The summed E-state index contributed by atoms with van der Waals surface area (Å²) in [5.41, 5.74) is -0.565. The predicted octanol–water partition coefficient (Wildman–Crippen LogP) is 3.37. The molecule has 2 aliphatic heterocycles. The summed E-state index contributed by atoms with van der Waals surface area (Å²) < 4.78 is 0. The van der Waals surface area contributed by atoms with Crippen LogP contribution in [0.5, 0.6) is 0 Å². The van der Waals surface area contributed by atoms with Crippen molar-refractivity contribution in [1.82, 2.24) is 9.80 Å². The zero-order chi connectivity index (χ0) is 16.8. The van der Waals surface area contributed by atoms with Crippen LogP contribution in [0.15, 0.2) is 0 Å². The third kappa shape index (κ3) is 3.62. The minimum Gasteiger partial charge on any atom is -0.389 e. The monoisotopic (exact) mass is 322 g/mol. The molecule has 3 nitrogen and oxygen atoms in total. The first kappa shape index (κ1) is 17.7. The first-order valence-electron chi connectivity index (χ1n) is 9.99. The molecule has 2 heterocycles.